The van der Waals surface area contributed by atoms with E-state index in [4.69, 9.17) is 9.47 Å². The van der Waals surface area contributed by atoms with Crippen molar-refractivity contribution in [1.82, 2.24) is 9.80 Å². The number of Topliss-reactive ketones (excluding diaryl/α,β-unsaturated/α-hetero) is 1. The number of hydrogen-bond acceptors (Lipinski definition) is 6. The first-order chi connectivity index (χ1) is 14.8. The van der Waals surface area contributed by atoms with E-state index in [0.717, 1.165) is 11.1 Å². The zero-order valence-electron chi connectivity index (χ0n) is 18.5. The Balaban J connectivity index is 2.15. The molecule has 1 aliphatic heterocycles. The molecule has 2 aromatic rings. The van der Waals surface area contributed by atoms with Crippen molar-refractivity contribution in [2.45, 2.75) is 13.0 Å². The number of aliphatic hydroxyl groups excluding tert-OH is 1. The lowest BCUT2D eigenvalue weighted by molar-refractivity contribution is -0.140. The fourth-order valence-electron chi connectivity index (χ4n) is 3.65. The number of carbonyl (C=O) groups is 2. The number of benzene rings is 2. The Kier molecular flexibility index (Phi) is 6.65. The van der Waals surface area contributed by atoms with Gasteiger partial charge in [0.15, 0.2) is 11.5 Å². The number of likely N-dealkylation sites (tertiary alicyclic amines) is 1. The summed E-state index contributed by atoms with van der Waals surface area (Å²) in [6.45, 7) is 2.92. The number of ether oxygens (including phenoxy) is 2. The molecule has 1 atom stereocenters. The number of nitrogens with zero attached hydrogens (tertiary/aromatic N) is 2. The Hall–Kier alpha value is -3.32. The highest BCUT2D eigenvalue weighted by Gasteiger charge is 2.45. The van der Waals surface area contributed by atoms with Crippen LogP contribution in [0.4, 0.5) is 0 Å². The maximum atomic E-state index is 13.0. The summed E-state index contributed by atoms with van der Waals surface area (Å²) >= 11 is 0. The molecule has 1 amide bonds. The van der Waals surface area contributed by atoms with Gasteiger partial charge >= 0.3 is 0 Å². The van der Waals surface area contributed by atoms with Gasteiger partial charge in [-0.25, -0.2) is 0 Å². The number of carbonyl (C=O) groups excluding carboxylic acids is 2. The molecular formula is C24H28N2O5. The van der Waals surface area contributed by atoms with Crippen LogP contribution in [0.15, 0.2) is 48.0 Å². The highest BCUT2D eigenvalue weighted by Crippen LogP contribution is 2.40. The van der Waals surface area contributed by atoms with Crippen LogP contribution in [0.1, 0.15) is 22.7 Å². The van der Waals surface area contributed by atoms with Crippen molar-refractivity contribution in [1.29, 1.82) is 0 Å². The average Bonchev–Trinajstić information content (AvgIpc) is 3.01. The number of amides is 1. The monoisotopic (exact) mass is 424 g/mol. The van der Waals surface area contributed by atoms with Gasteiger partial charge in [0, 0.05) is 18.7 Å². The summed E-state index contributed by atoms with van der Waals surface area (Å²) in [7, 11) is 6.82. The van der Waals surface area contributed by atoms with E-state index in [0.29, 0.717) is 30.2 Å². The van der Waals surface area contributed by atoms with Crippen molar-refractivity contribution in [3.63, 3.8) is 0 Å². The first kappa shape index (κ1) is 22.4. The van der Waals surface area contributed by atoms with Crippen LogP contribution in [0.5, 0.6) is 11.5 Å². The third-order valence-corrected chi connectivity index (χ3v) is 5.38. The quantitative estimate of drug-likeness (QED) is 0.418. The van der Waals surface area contributed by atoms with E-state index in [1.165, 1.54) is 19.1 Å². The van der Waals surface area contributed by atoms with E-state index in [2.05, 4.69) is 0 Å². The molecule has 7 heteroatoms. The number of aryl methyl sites for hydroxylation is 1. The molecule has 1 heterocycles. The highest BCUT2D eigenvalue weighted by atomic mass is 16.5. The van der Waals surface area contributed by atoms with E-state index in [9.17, 15) is 14.7 Å². The minimum atomic E-state index is -0.698. The summed E-state index contributed by atoms with van der Waals surface area (Å²) in [4.78, 5) is 29.4. The summed E-state index contributed by atoms with van der Waals surface area (Å²) < 4.78 is 10.6. The zero-order valence-corrected chi connectivity index (χ0v) is 18.5. The van der Waals surface area contributed by atoms with E-state index in [-0.39, 0.29) is 11.3 Å². The van der Waals surface area contributed by atoms with E-state index >= 15 is 0 Å². The van der Waals surface area contributed by atoms with Gasteiger partial charge < -0.3 is 24.4 Å². The summed E-state index contributed by atoms with van der Waals surface area (Å²) in [6.07, 6.45) is 0. The molecule has 0 aliphatic carbocycles. The van der Waals surface area contributed by atoms with E-state index < -0.39 is 17.7 Å². The summed E-state index contributed by atoms with van der Waals surface area (Å²) in [5.41, 5.74) is 2.28. The number of rotatable bonds is 7. The normalized spacial score (nSPS) is 18.0. The molecule has 1 aliphatic rings. The van der Waals surface area contributed by atoms with Crippen LogP contribution in [0, 0.1) is 6.92 Å². The number of ketones is 1. The largest absolute Gasteiger partial charge is 0.507 e. The van der Waals surface area contributed by atoms with Gasteiger partial charge in [-0.1, -0.05) is 29.8 Å². The van der Waals surface area contributed by atoms with Crippen LogP contribution in [0.2, 0.25) is 0 Å². The maximum absolute atomic E-state index is 13.0. The first-order valence-electron chi connectivity index (χ1n) is 10.0. The van der Waals surface area contributed by atoms with Crippen LogP contribution in [0.3, 0.4) is 0 Å². The smallest absolute Gasteiger partial charge is 0.295 e. The molecule has 7 nitrogen and oxygen atoms in total. The predicted molar refractivity (Wildman–Crippen MR) is 118 cm³/mol. The zero-order chi connectivity index (χ0) is 22.7. The molecule has 0 radical (unpaired) electrons. The summed E-state index contributed by atoms with van der Waals surface area (Å²) in [5, 5.41) is 11.1. The Labute approximate surface area is 182 Å². The van der Waals surface area contributed by atoms with E-state index in [1.807, 2.05) is 50.2 Å². The fraction of sp³-hybridized carbons (Fsp3) is 0.333. The lowest BCUT2D eigenvalue weighted by Crippen LogP contribution is -2.35. The van der Waals surface area contributed by atoms with Gasteiger partial charge in [0.2, 0.25) is 0 Å². The highest BCUT2D eigenvalue weighted by molar-refractivity contribution is 6.46. The van der Waals surface area contributed by atoms with Gasteiger partial charge in [0.05, 0.1) is 25.8 Å². The molecule has 0 bridgehead atoms. The standard InChI is InChI=1S/C24H28N2O5/c1-15-6-8-16(9-7-15)21-20(23(28)24(29)26(21)13-12-25(2)3)22(27)17-10-11-18(30-4)19(14-17)31-5/h6-11,14,21,27H,12-13H2,1-5H3/b22-20+/t21-/m1/s1. The van der Waals surface area contributed by atoms with Gasteiger partial charge in [-0.2, -0.15) is 0 Å². The van der Waals surface area contributed by atoms with Crippen LogP contribution >= 0.6 is 0 Å². The van der Waals surface area contributed by atoms with Crippen molar-refractivity contribution < 1.29 is 24.2 Å². The van der Waals surface area contributed by atoms with Crippen molar-refractivity contribution in [2.24, 2.45) is 0 Å². The molecule has 0 unspecified atom stereocenters. The van der Waals surface area contributed by atoms with Gasteiger partial charge in [-0.15, -0.1) is 0 Å². The molecule has 0 aromatic heterocycles. The van der Waals surface area contributed by atoms with Crippen molar-refractivity contribution >= 4 is 17.4 Å². The molecule has 1 fully saturated rings. The van der Waals surface area contributed by atoms with Gasteiger partial charge in [0.25, 0.3) is 11.7 Å². The fourth-order valence-corrected chi connectivity index (χ4v) is 3.65. The average molecular weight is 424 g/mol. The van der Waals surface area contributed by atoms with Gasteiger partial charge in [-0.3, -0.25) is 9.59 Å². The maximum Gasteiger partial charge on any atom is 0.295 e. The molecule has 31 heavy (non-hydrogen) atoms. The molecular weight excluding hydrogens is 396 g/mol. The van der Waals surface area contributed by atoms with Crippen LogP contribution in [0.25, 0.3) is 5.76 Å². The first-order valence-corrected chi connectivity index (χ1v) is 10.0. The second-order valence-electron chi connectivity index (χ2n) is 7.78. The number of methoxy groups -OCH3 is 2. The minimum Gasteiger partial charge on any atom is -0.507 e. The Morgan fingerprint density at radius 1 is 1.03 bits per heavy atom. The summed E-state index contributed by atoms with van der Waals surface area (Å²) in [5.74, 6) is -0.635. The van der Waals surface area contributed by atoms with Gasteiger partial charge in [-0.05, 0) is 44.8 Å². The van der Waals surface area contributed by atoms with Crippen molar-refractivity contribution in [3.05, 3.63) is 64.7 Å². The van der Waals surface area contributed by atoms with Crippen LogP contribution < -0.4 is 9.47 Å². The predicted octanol–water partition coefficient (Wildman–Crippen LogP) is 3.00. The third kappa shape index (κ3) is 4.41. The van der Waals surface area contributed by atoms with E-state index in [1.54, 1.807) is 18.2 Å². The number of likely N-dealkylation sites (N-methyl/N-ethyl adjacent to an activating group) is 1. The topological polar surface area (TPSA) is 79.3 Å². The third-order valence-electron chi connectivity index (χ3n) is 5.38. The SMILES string of the molecule is COc1ccc(/C(O)=C2\C(=O)C(=O)N(CCN(C)C)[C@@H]2c2ccc(C)cc2)cc1OC. The lowest BCUT2D eigenvalue weighted by Gasteiger charge is -2.26. The Morgan fingerprint density at radius 2 is 1.68 bits per heavy atom. The summed E-state index contributed by atoms with van der Waals surface area (Å²) in [6, 6.07) is 11.8. The second-order valence-corrected chi connectivity index (χ2v) is 7.78. The number of hydrogen-bond donors (Lipinski definition) is 1. The molecule has 164 valence electrons. The Morgan fingerprint density at radius 3 is 2.26 bits per heavy atom. The molecule has 0 saturated carbocycles. The minimum absolute atomic E-state index is 0.0693. The molecule has 1 saturated heterocycles. The Bertz CT molecular complexity index is 1010. The number of aliphatic hydroxyl groups is 1. The van der Waals surface area contributed by atoms with Gasteiger partial charge in [0.1, 0.15) is 5.76 Å². The van der Waals surface area contributed by atoms with Crippen LogP contribution in [-0.2, 0) is 9.59 Å². The van der Waals surface area contributed by atoms with Crippen LogP contribution in [-0.4, -0.2) is 68.0 Å². The second kappa shape index (κ2) is 9.22. The molecule has 2 aromatic carbocycles. The van der Waals surface area contributed by atoms with Crippen molar-refractivity contribution in [3.8, 4) is 11.5 Å². The molecule has 3 rings (SSSR count). The lowest BCUT2D eigenvalue weighted by atomic mass is 9.94. The molecule has 1 N–H and O–H groups in total. The van der Waals surface area contributed by atoms with Crippen molar-refractivity contribution in [2.75, 3.05) is 41.4 Å². The molecule has 0 spiro atoms.